The fraction of sp³-hybridized carbons (Fsp3) is 0.214. The van der Waals surface area contributed by atoms with Gasteiger partial charge in [0.15, 0.2) is 0 Å². The van der Waals surface area contributed by atoms with Gasteiger partial charge in [-0.1, -0.05) is 0 Å². The average molecular weight is 371 g/mol. The number of aromatic carboxylic acids is 1. The van der Waals surface area contributed by atoms with E-state index < -0.39 is 5.97 Å². The van der Waals surface area contributed by atoms with Crippen LogP contribution in [0.2, 0.25) is 0 Å². The van der Waals surface area contributed by atoms with Crippen molar-refractivity contribution in [3.8, 4) is 11.3 Å². The minimum Gasteiger partial charge on any atom is -0.477 e. The van der Waals surface area contributed by atoms with Crippen molar-refractivity contribution in [3.63, 3.8) is 0 Å². The molecule has 0 radical (unpaired) electrons. The van der Waals surface area contributed by atoms with Gasteiger partial charge in [-0.05, 0) is 65.8 Å². The number of carboxylic acids is 1. The number of carboxylic acid groups (broad SMARTS) is 1. The van der Waals surface area contributed by atoms with E-state index in [1.54, 1.807) is 18.2 Å². The van der Waals surface area contributed by atoms with Gasteiger partial charge in [0, 0.05) is 20.9 Å². The lowest BCUT2D eigenvalue weighted by Crippen LogP contribution is -2.08. The molecule has 1 aliphatic rings. The predicted octanol–water partition coefficient (Wildman–Crippen LogP) is 3.93. The molecule has 2 aromatic rings. The van der Waals surface area contributed by atoms with Crippen LogP contribution in [-0.4, -0.2) is 15.6 Å². The highest BCUT2D eigenvalue weighted by molar-refractivity contribution is 14.1. The summed E-state index contributed by atoms with van der Waals surface area (Å²) in [5.41, 5.74) is 2.03. The van der Waals surface area contributed by atoms with Crippen LogP contribution in [0.4, 0.5) is 4.39 Å². The van der Waals surface area contributed by atoms with Crippen LogP contribution in [0, 0.1) is 9.39 Å². The van der Waals surface area contributed by atoms with Gasteiger partial charge < -0.3 is 9.67 Å². The molecule has 0 amide bonds. The lowest BCUT2D eigenvalue weighted by atomic mass is 10.1. The monoisotopic (exact) mass is 371 g/mol. The summed E-state index contributed by atoms with van der Waals surface area (Å²) in [6.07, 6.45) is 2.00. The van der Waals surface area contributed by atoms with Crippen molar-refractivity contribution in [1.29, 1.82) is 0 Å². The Bertz CT molecular complexity index is 661. The second kappa shape index (κ2) is 4.63. The van der Waals surface area contributed by atoms with Crippen LogP contribution in [0.15, 0.2) is 30.3 Å². The maximum atomic E-state index is 13.2. The Morgan fingerprint density at radius 2 is 2.05 bits per heavy atom. The second-order valence-electron chi connectivity index (χ2n) is 4.63. The molecule has 1 heterocycles. The Kier molecular flexibility index (Phi) is 3.08. The molecule has 0 spiro atoms. The summed E-state index contributed by atoms with van der Waals surface area (Å²) in [7, 11) is 0. The Hall–Kier alpha value is -1.37. The lowest BCUT2D eigenvalue weighted by molar-refractivity contribution is 0.0685. The molecule has 1 aromatic heterocycles. The van der Waals surface area contributed by atoms with E-state index in [0.29, 0.717) is 5.69 Å². The highest BCUT2D eigenvalue weighted by atomic mass is 127. The van der Waals surface area contributed by atoms with Crippen LogP contribution < -0.4 is 0 Å². The predicted molar refractivity (Wildman–Crippen MR) is 77.8 cm³/mol. The first-order chi connectivity index (χ1) is 9.08. The summed E-state index contributed by atoms with van der Waals surface area (Å²) < 4.78 is 15.8. The van der Waals surface area contributed by atoms with Crippen molar-refractivity contribution < 1.29 is 14.3 Å². The lowest BCUT2D eigenvalue weighted by Gasteiger charge is -2.12. The molecule has 1 aromatic carbocycles. The smallest absolute Gasteiger partial charge is 0.352 e. The van der Waals surface area contributed by atoms with Gasteiger partial charge in [0.1, 0.15) is 11.5 Å². The summed E-state index contributed by atoms with van der Waals surface area (Å²) in [5, 5.41) is 9.23. The average Bonchev–Trinajstić information content (AvgIpc) is 3.08. The fourth-order valence-corrected chi connectivity index (χ4v) is 3.02. The molecular weight excluding hydrogens is 360 g/mol. The molecule has 3 rings (SSSR count). The van der Waals surface area contributed by atoms with Crippen LogP contribution in [0.5, 0.6) is 0 Å². The molecule has 19 heavy (non-hydrogen) atoms. The van der Waals surface area contributed by atoms with Crippen LogP contribution in [0.25, 0.3) is 11.3 Å². The van der Waals surface area contributed by atoms with E-state index in [1.807, 2.05) is 4.57 Å². The number of hydrogen-bond acceptors (Lipinski definition) is 1. The molecule has 0 saturated heterocycles. The standard InChI is InChI=1S/C14H11FINO2/c15-8-1-4-10(11(16)7-8)12-5-6-13(14(18)19)17(12)9-2-3-9/h1,4-7,9H,2-3H2,(H,18,19). The highest BCUT2D eigenvalue weighted by Crippen LogP contribution is 2.41. The van der Waals surface area contributed by atoms with Gasteiger partial charge in [0.2, 0.25) is 0 Å². The first kappa shape index (κ1) is 12.7. The number of aromatic nitrogens is 1. The Balaban J connectivity index is 2.17. The van der Waals surface area contributed by atoms with E-state index in [4.69, 9.17) is 0 Å². The molecule has 1 aliphatic carbocycles. The number of rotatable bonds is 3. The highest BCUT2D eigenvalue weighted by Gasteiger charge is 2.30. The summed E-state index contributed by atoms with van der Waals surface area (Å²) >= 11 is 2.08. The van der Waals surface area contributed by atoms with Crippen molar-refractivity contribution in [3.05, 3.63) is 45.4 Å². The number of benzene rings is 1. The summed E-state index contributed by atoms with van der Waals surface area (Å²) in [5.74, 6) is -1.20. The fourth-order valence-electron chi connectivity index (χ4n) is 2.27. The van der Waals surface area contributed by atoms with Gasteiger partial charge in [-0.3, -0.25) is 0 Å². The van der Waals surface area contributed by atoms with E-state index in [2.05, 4.69) is 22.6 Å². The molecule has 98 valence electrons. The molecule has 1 N–H and O–H groups in total. The molecule has 0 unspecified atom stereocenters. The van der Waals surface area contributed by atoms with E-state index >= 15 is 0 Å². The molecular formula is C14H11FINO2. The summed E-state index contributed by atoms with van der Waals surface area (Å²) in [4.78, 5) is 11.3. The van der Waals surface area contributed by atoms with Gasteiger partial charge in [-0.25, -0.2) is 9.18 Å². The van der Waals surface area contributed by atoms with Gasteiger partial charge in [0.05, 0.1) is 0 Å². The molecule has 1 saturated carbocycles. The summed E-state index contributed by atoms with van der Waals surface area (Å²) in [6.45, 7) is 0. The third kappa shape index (κ3) is 2.27. The molecule has 1 fully saturated rings. The van der Waals surface area contributed by atoms with Crippen molar-refractivity contribution in [1.82, 2.24) is 4.57 Å². The third-order valence-corrected chi connectivity index (χ3v) is 4.15. The van der Waals surface area contributed by atoms with E-state index in [-0.39, 0.29) is 11.9 Å². The van der Waals surface area contributed by atoms with E-state index in [9.17, 15) is 14.3 Å². The maximum absolute atomic E-state index is 13.2. The normalized spacial score (nSPS) is 14.6. The van der Waals surface area contributed by atoms with Crippen LogP contribution in [0.3, 0.4) is 0 Å². The molecule has 0 bridgehead atoms. The minimum absolute atomic E-state index is 0.261. The maximum Gasteiger partial charge on any atom is 0.352 e. The van der Waals surface area contributed by atoms with Crippen molar-refractivity contribution in [2.24, 2.45) is 0 Å². The first-order valence-corrected chi connectivity index (χ1v) is 7.06. The van der Waals surface area contributed by atoms with Crippen LogP contribution >= 0.6 is 22.6 Å². The second-order valence-corrected chi connectivity index (χ2v) is 5.80. The van der Waals surface area contributed by atoms with Crippen LogP contribution in [0.1, 0.15) is 29.4 Å². The first-order valence-electron chi connectivity index (χ1n) is 5.98. The molecule has 0 aliphatic heterocycles. The topological polar surface area (TPSA) is 42.2 Å². The minimum atomic E-state index is -0.921. The quantitative estimate of drug-likeness (QED) is 0.831. The number of carbonyl (C=O) groups is 1. The third-order valence-electron chi connectivity index (χ3n) is 3.26. The van der Waals surface area contributed by atoms with E-state index in [0.717, 1.165) is 27.7 Å². The van der Waals surface area contributed by atoms with Gasteiger partial charge in [-0.15, -0.1) is 0 Å². The zero-order valence-electron chi connectivity index (χ0n) is 9.94. The Labute approximate surface area is 123 Å². The van der Waals surface area contributed by atoms with Crippen molar-refractivity contribution in [2.45, 2.75) is 18.9 Å². The number of halogens is 2. The molecule has 3 nitrogen and oxygen atoms in total. The molecule has 5 heteroatoms. The van der Waals surface area contributed by atoms with Crippen LogP contribution in [-0.2, 0) is 0 Å². The Morgan fingerprint density at radius 1 is 1.32 bits per heavy atom. The van der Waals surface area contributed by atoms with Crippen molar-refractivity contribution in [2.75, 3.05) is 0 Å². The Morgan fingerprint density at radius 3 is 2.63 bits per heavy atom. The van der Waals surface area contributed by atoms with Gasteiger partial charge >= 0.3 is 5.97 Å². The molecule has 0 atom stereocenters. The largest absolute Gasteiger partial charge is 0.477 e. The van der Waals surface area contributed by atoms with Gasteiger partial charge in [-0.2, -0.15) is 0 Å². The zero-order valence-corrected chi connectivity index (χ0v) is 12.1. The van der Waals surface area contributed by atoms with E-state index in [1.165, 1.54) is 12.1 Å². The number of hydrogen-bond donors (Lipinski definition) is 1. The summed E-state index contributed by atoms with van der Waals surface area (Å²) in [6, 6.07) is 8.25. The van der Waals surface area contributed by atoms with Crippen molar-refractivity contribution >= 4 is 28.6 Å². The number of nitrogens with zero attached hydrogens (tertiary/aromatic N) is 1. The SMILES string of the molecule is O=C(O)c1ccc(-c2ccc(F)cc2I)n1C1CC1. The zero-order chi connectivity index (χ0) is 13.6. The van der Waals surface area contributed by atoms with Gasteiger partial charge in [0.25, 0.3) is 0 Å².